The van der Waals surface area contributed by atoms with Gasteiger partial charge in [-0.2, -0.15) is 18.3 Å². The Balaban J connectivity index is 1.38. The van der Waals surface area contributed by atoms with Gasteiger partial charge in [0.25, 0.3) is 5.56 Å². The number of hydrogen-bond donors (Lipinski definition) is 0. The predicted molar refractivity (Wildman–Crippen MR) is 123 cm³/mol. The van der Waals surface area contributed by atoms with Crippen molar-refractivity contribution >= 4 is 11.7 Å². The second-order valence-electron chi connectivity index (χ2n) is 7.94. The SMILES string of the molecule is CCOc1ccc(-c2ccc(=O)n(CC(=O)N3CCN(c4ccc(C(F)(F)F)cn4)CC3)n2)cc1. The van der Waals surface area contributed by atoms with Crippen molar-refractivity contribution in [2.45, 2.75) is 19.6 Å². The zero-order valence-corrected chi connectivity index (χ0v) is 19.0. The number of ether oxygens (including phenoxy) is 1. The summed E-state index contributed by atoms with van der Waals surface area (Å²) in [6, 6.07) is 12.6. The molecule has 0 aliphatic carbocycles. The lowest BCUT2D eigenvalue weighted by atomic mass is 10.1. The monoisotopic (exact) mass is 487 g/mol. The zero-order chi connectivity index (χ0) is 25.0. The first-order valence-electron chi connectivity index (χ1n) is 11.1. The van der Waals surface area contributed by atoms with Crippen molar-refractivity contribution in [2.24, 2.45) is 0 Å². The maximum atomic E-state index is 12.8. The van der Waals surface area contributed by atoms with Gasteiger partial charge in [-0.15, -0.1) is 0 Å². The van der Waals surface area contributed by atoms with Gasteiger partial charge in [-0.05, 0) is 49.4 Å². The van der Waals surface area contributed by atoms with Crippen LogP contribution >= 0.6 is 0 Å². The Kier molecular flexibility index (Phi) is 7.04. The molecule has 0 saturated carbocycles. The summed E-state index contributed by atoms with van der Waals surface area (Å²) in [5.41, 5.74) is 0.145. The molecule has 1 amide bonds. The number of pyridine rings is 1. The number of piperazine rings is 1. The zero-order valence-electron chi connectivity index (χ0n) is 19.0. The Labute approximate surface area is 199 Å². The first-order valence-corrected chi connectivity index (χ1v) is 11.1. The normalized spacial score (nSPS) is 14.2. The van der Waals surface area contributed by atoms with Crippen molar-refractivity contribution in [3.63, 3.8) is 0 Å². The summed E-state index contributed by atoms with van der Waals surface area (Å²) in [4.78, 5) is 32.5. The Hall–Kier alpha value is -3.89. The summed E-state index contributed by atoms with van der Waals surface area (Å²) in [5.74, 6) is 0.889. The van der Waals surface area contributed by atoms with Gasteiger partial charge in [-0.3, -0.25) is 9.59 Å². The molecule has 2 aromatic heterocycles. The molecule has 1 aliphatic heterocycles. The van der Waals surface area contributed by atoms with Crippen molar-refractivity contribution in [1.29, 1.82) is 0 Å². The van der Waals surface area contributed by atoms with E-state index in [9.17, 15) is 22.8 Å². The summed E-state index contributed by atoms with van der Waals surface area (Å²) < 4.78 is 44.8. The molecule has 35 heavy (non-hydrogen) atoms. The molecule has 1 aromatic carbocycles. The molecule has 184 valence electrons. The quantitative estimate of drug-likeness (QED) is 0.532. The van der Waals surface area contributed by atoms with Gasteiger partial charge in [0.1, 0.15) is 18.1 Å². The number of hydrogen-bond acceptors (Lipinski definition) is 6. The first-order chi connectivity index (χ1) is 16.7. The highest BCUT2D eigenvalue weighted by Gasteiger charge is 2.31. The van der Waals surface area contributed by atoms with E-state index in [0.717, 1.165) is 28.3 Å². The average Bonchev–Trinajstić information content (AvgIpc) is 2.86. The van der Waals surface area contributed by atoms with Crippen LogP contribution in [0.1, 0.15) is 12.5 Å². The van der Waals surface area contributed by atoms with E-state index in [2.05, 4.69) is 10.1 Å². The van der Waals surface area contributed by atoms with E-state index in [-0.39, 0.29) is 18.0 Å². The molecule has 1 saturated heterocycles. The summed E-state index contributed by atoms with van der Waals surface area (Å²) >= 11 is 0. The van der Waals surface area contributed by atoms with E-state index >= 15 is 0 Å². The van der Waals surface area contributed by atoms with E-state index in [0.29, 0.717) is 44.3 Å². The molecule has 0 spiro atoms. The third-order valence-electron chi connectivity index (χ3n) is 5.64. The van der Waals surface area contributed by atoms with Crippen LogP contribution in [0, 0.1) is 0 Å². The van der Waals surface area contributed by atoms with Crippen molar-refractivity contribution in [2.75, 3.05) is 37.7 Å². The van der Waals surface area contributed by atoms with Crippen LogP contribution in [0.15, 0.2) is 59.5 Å². The van der Waals surface area contributed by atoms with Crippen LogP contribution in [-0.4, -0.2) is 58.4 Å². The first kappa shape index (κ1) is 24.2. The molecule has 11 heteroatoms. The van der Waals surface area contributed by atoms with Gasteiger partial charge >= 0.3 is 6.18 Å². The molecule has 0 radical (unpaired) electrons. The van der Waals surface area contributed by atoms with E-state index in [4.69, 9.17) is 4.74 Å². The lowest BCUT2D eigenvalue weighted by Gasteiger charge is -2.35. The number of anilines is 1. The fraction of sp³-hybridized carbons (Fsp3) is 0.333. The highest BCUT2D eigenvalue weighted by Crippen LogP contribution is 2.29. The van der Waals surface area contributed by atoms with Crippen molar-refractivity contribution < 1.29 is 22.7 Å². The van der Waals surface area contributed by atoms with Crippen LogP contribution in [0.2, 0.25) is 0 Å². The second kappa shape index (κ2) is 10.2. The van der Waals surface area contributed by atoms with E-state index in [1.54, 1.807) is 11.0 Å². The van der Waals surface area contributed by atoms with Crippen molar-refractivity contribution in [3.05, 3.63) is 70.6 Å². The van der Waals surface area contributed by atoms with Gasteiger partial charge in [0.2, 0.25) is 5.91 Å². The number of aromatic nitrogens is 3. The molecular weight excluding hydrogens is 463 g/mol. The molecule has 8 nitrogen and oxygen atoms in total. The number of alkyl halides is 3. The predicted octanol–water partition coefficient (Wildman–Crippen LogP) is 3.07. The topological polar surface area (TPSA) is 80.6 Å². The molecule has 1 aliphatic rings. The summed E-state index contributed by atoms with van der Waals surface area (Å²) in [5, 5.41) is 4.35. The molecule has 4 rings (SSSR count). The number of nitrogens with zero attached hydrogens (tertiary/aromatic N) is 5. The number of amides is 1. The maximum Gasteiger partial charge on any atom is 0.417 e. The minimum absolute atomic E-state index is 0.206. The molecule has 0 N–H and O–H groups in total. The van der Waals surface area contributed by atoms with E-state index in [1.165, 1.54) is 12.1 Å². The van der Waals surface area contributed by atoms with Gasteiger partial charge < -0.3 is 14.5 Å². The Bertz CT molecular complexity index is 1220. The van der Waals surface area contributed by atoms with E-state index < -0.39 is 11.7 Å². The summed E-state index contributed by atoms with van der Waals surface area (Å²) in [6.45, 7) is 3.79. The molecular formula is C24H24F3N5O3. The van der Waals surface area contributed by atoms with Gasteiger partial charge in [0.05, 0.1) is 17.9 Å². The third kappa shape index (κ3) is 5.79. The largest absolute Gasteiger partial charge is 0.494 e. The molecule has 3 aromatic rings. The van der Waals surface area contributed by atoms with Crippen LogP contribution in [0.4, 0.5) is 19.0 Å². The highest BCUT2D eigenvalue weighted by atomic mass is 19.4. The highest BCUT2D eigenvalue weighted by molar-refractivity contribution is 5.76. The lowest BCUT2D eigenvalue weighted by molar-refractivity contribution is -0.138. The Morgan fingerprint density at radius 2 is 1.71 bits per heavy atom. The molecule has 1 fully saturated rings. The summed E-state index contributed by atoms with van der Waals surface area (Å²) in [7, 11) is 0. The minimum atomic E-state index is -4.44. The second-order valence-corrected chi connectivity index (χ2v) is 7.94. The molecule has 0 unspecified atom stereocenters. The maximum absolute atomic E-state index is 12.8. The van der Waals surface area contributed by atoms with Crippen molar-refractivity contribution in [1.82, 2.24) is 19.7 Å². The molecule has 0 atom stereocenters. The number of carbonyl (C=O) groups is 1. The third-order valence-corrected chi connectivity index (χ3v) is 5.64. The van der Waals surface area contributed by atoms with Crippen LogP contribution in [-0.2, 0) is 17.5 Å². The van der Waals surface area contributed by atoms with Gasteiger partial charge in [0, 0.05) is 44.0 Å². The number of carbonyl (C=O) groups excluding carboxylic acids is 1. The molecule has 3 heterocycles. The van der Waals surface area contributed by atoms with Crippen LogP contribution in [0.3, 0.4) is 0 Å². The number of benzene rings is 1. The van der Waals surface area contributed by atoms with Gasteiger partial charge in [0.15, 0.2) is 0 Å². The van der Waals surface area contributed by atoms with Crippen molar-refractivity contribution in [3.8, 4) is 17.0 Å². The standard InChI is InChI=1S/C24H24F3N5O3/c1-2-35-19-6-3-17(4-7-19)20-8-10-22(33)32(29-20)16-23(34)31-13-11-30(12-14-31)21-9-5-18(15-28-21)24(25,26)27/h3-10,15H,2,11-14,16H2,1H3. The number of halogens is 3. The van der Waals surface area contributed by atoms with Crippen LogP contribution in [0.25, 0.3) is 11.3 Å². The van der Waals surface area contributed by atoms with Crippen LogP contribution < -0.4 is 15.2 Å². The van der Waals surface area contributed by atoms with Gasteiger partial charge in [-0.1, -0.05) is 0 Å². The van der Waals surface area contributed by atoms with Gasteiger partial charge in [-0.25, -0.2) is 9.67 Å². The van der Waals surface area contributed by atoms with E-state index in [1.807, 2.05) is 36.1 Å². The number of rotatable bonds is 6. The Morgan fingerprint density at radius 3 is 2.31 bits per heavy atom. The Morgan fingerprint density at radius 1 is 1.00 bits per heavy atom. The van der Waals surface area contributed by atoms with Crippen LogP contribution in [0.5, 0.6) is 5.75 Å². The smallest absolute Gasteiger partial charge is 0.417 e. The summed E-state index contributed by atoms with van der Waals surface area (Å²) in [6.07, 6.45) is -3.63. The minimum Gasteiger partial charge on any atom is -0.494 e. The lowest BCUT2D eigenvalue weighted by Crippen LogP contribution is -2.50. The fourth-order valence-electron chi connectivity index (χ4n) is 3.76. The molecule has 0 bridgehead atoms. The fourth-order valence-corrected chi connectivity index (χ4v) is 3.76. The average molecular weight is 487 g/mol.